The van der Waals surface area contributed by atoms with Crippen molar-refractivity contribution >= 4 is 10.9 Å². The van der Waals surface area contributed by atoms with E-state index >= 15 is 0 Å². The van der Waals surface area contributed by atoms with E-state index in [0.717, 1.165) is 56.2 Å². The van der Waals surface area contributed by atoms with Gasteiger partial charge >= 0.3 is 0 Å². The van der Waals surface area contributed by atoms with E-state index < -0.39 is 5.41 Å². The van der Waals surface area contributed by atoms with Gasteiger partial charge in [0, 0.05) is 27.6 Å². The van der Waals surface area contributed by atoms with Crippen molar-refractivity contribution in [2.45, 2.75) is 5.41 Å². The van der Waals surface area contributed by atoms with Gasteiger partial charge in [-0.2, -0.15) is 0 Å². The van der Waals surface area contributed by atoms with Crippen LogP contribution in [0.1, 0.15) is 22.3 Å². The van der Waals surface area contributed by atoms with Crippen molar-refractivity contribution in [1.29, 1.82) is 0 Å². The van der Waals surface area contributed by atoms with E-state index in [-0.39, 0.29) is 0 Å². The molecule has 0 saturated heterocycles. The van der Waals surface area contributed by atoms with Crippen LogP contribution in [0.2, 0.25) is 0 Å². The Morgan fingerprint density at radius 3 is 1.67 bits per heavy atom. The third kappa shape index (κ3) is 4.55. The number of para-hydroxylation sites is 3. The van der Waals surface area contributed by atoms with E-state index in [1.807, 2.05) is 18.2 Å². The van der Waals surface area contributed by atoms with E-state index in [1.54, 1.807) is 0 Å². The number of fused-ring (bicyclic) bond motifs is 10. The van der Waals surface area contributed by atoms with Crippen LogP contribution in [-0.2, 0) is 5.41 Å². The lowest BCUT2D eigenvalue weighted by Gasteiger charge is -2.39. The van der Waals surface area contributed by atoms with Crippen LogP contribution in [0.25, 0.3) is 66.9 Å². The molecule has 0 amide bonds. The molecule has 9 aromatic rings. The van der Waals surface area contributed by atoms with Crippen molar-refractivity contribution in [1.82, 2.24) is 9.97 Å². The fourth-order valence-corrected chi connectivity index (χ4v) is 8.75. The summed E-state index contributed by atoms with van der Waals surface area (Å²) in [5.74, 6) is 2.54. The van der Waals surface area contributed by atoms with Crippen LogP contribution in [-0.4, -0.2) is 9.97 Å². The molecular weight excluding hydrogens is 657 g/mol. The summed E-state index contributed by atoms with van der Waals surface area (Å²) in [6.07, 6.45) is 0. The summed E-state index contributed by atoms with van der Waals surface area (Å²) >= 11 is 0. The van der Waals surface area contributed by atoms with Crippen LogP contribution in [0.5, 0.6) is 11.5 Å². The summed E-state index contributed by atoms with van der Waals surface area (Å²) in [6, 6.07) is 69.0. The number of hydrogen-bond acceptors (Lipinski definition) is 3. The lowest BCUT2D eigenvalue weighted by Crippen LogP contribution is -2.32. The molecule has 54 heavy (non-hydrogen) atoms. The molecule has 2 aliphatic rings. The van der Waals surface area contributed by atoms with Gasteiger partial charge in [0.2, 0.25) is 0 Å². The van der Waals surface area contributed by atoms with Crippen LogP contribution in [0, 0.1) is 0 Å². The highest BCUT2D eigenvalue weighted by molar-refractivity contribution is 5.94. The molecule has 0 N–H and O–H groups in total. The van der Waals surface area contributed by atoms with Gasteiger partial charge in [0.15, 0.2) is 5.82 Å². The van der Waals surface area contributed by atoms with Crippen LogP contribution in [0.4, 0.5) is 0 Å². The van der Waals surface area contributed by atoms with Crippen LogP contribution in [0.3, 0.4) is 0 Å². The minimum atomic E-state index is -0.457. The maximum absolute atomic E-state index is 6.50. The number of benzene rings is 8. The minimum Gasteiger partial charge on any atom is -0.457 e. The number of ether oxygens (including phenoxy) is 1. The van der Waals surface area contributed by atoms with Gasteiger partial charge in [-0.1, -0.05) is 164 Å². The molecule has 0 unspecified atom stereocenters. The van der Waals surface area contributed by atoms with Crippen molar-refractivity contribution in [3.8, 4) is 67.5 Å². The first-order valence-corrected chi connectivity index (χ1v) is 18.4. The molecule has 8 aromatic carbocycles. The lowest BCUT2D eigenvalue weighted by molar-refractivity contribution is 0.436. The van der Waals surface area contributed by atoms with Gasteiger partial charge in [-0.25, -0.2) is 9.97 Å². The summed E-state index contributed by atoms with van der Waals surface area (Å²) in [4.78, 5) is 10.1. The summed E-state index contributed by atoms with van der Waals surface area (Å²) < 4.78 is 6.50. The SMILES string of the molecule is c1ccc(-c2nc(-c3cccc(-c4ccc(-c5ccc6c(c5)-c5ccccc5C65c6ccccc6Oc6ccccc65)cc4)c3)nc3ccccc23)cc1. The Morgan fingerprint density at radius 2 is 0.907 bits per heavy atom. The molecule has 3 nitrogen and oxygen atoms in total. The fraction of sp³-hybridized carbons (Fsp3) is 0.0196. The Bertz CT molecular complexity index is 2870. The molecule has 0 radical (unpaired) electrons. The maximum Gasteiger partial charge on any atom is 0.160 e. The Kier molecular flexibility index (Phi) is 6.77. The van der Waals surface area contributed by atoms with E-state index in [9.17, 15) is 0 Å². The van der Waals surface area contributed by atoms with Gasteiger partial charge in [0.1, 0.15) is 11.5 Å². The topological polar surface area (TPSA) is 35.0 Å². The summed E-state index contributed by atoms with van der Waals surface area (Å²) in [5, 5.41) is 1.05. The predicted octanol–water partition coefficient (Wildman–Crippen LogP) is 12.8. The molecule has 11 rings (SSSR count). The predicted molar refractivity (Wildman–Crippen MR) is 219 cm³/mol. The van der Waals surface area contributed by atoms with Crippen molar-refractivity contribution < 1.29 is 4.74 Å². The second kappa shape index (κ2) is 12.0. The molecule has 0 fully saturated rings. The van der Waals surface area contributed by atoms with Gasteiger partial charge < -0.3 is 4.74 Å². The van der Waals surface area contributed by atoms with Crippen LogP contribution >= 0.6 is 0 Å². The smallest absolute Gasteiger partial charge is 0.160 e. The molecular formula is C51H32N2O. The van der Waals surface area contributed by atoms with E-state index in [2.05, 4.69) is 176 Å². The monoisotopic (exact) mass is 688 g/mol. The van der Waals surface area contributed by atoms with E-state index in [1.165, 1.54) is 44.5 Å². The van der Waals surface area contributed by atoms with E-state index in [4.69, 9.17) is 14.7 Å². The first kappa shape index (κ1) is 30.5. The van der Waals surface area contributed by atoms with E-state index in [0.29, 0.717) is 0 Å². The Balaban J connectivity index is 0.979. The van der Waals surface area contributed by atoms with Crippen molar-refractivity contribution in [2.75, 3.05) is 0 Å². The molecule has 1 aromatic heterocycles. The number of aromatic nitrogens is 2. The molecule has 1 aliphatic heterocycles. The second-order valence-electron chi connectivity index (χ2n) is 14.1. The molecule has 3 heteroatoms. The quantitative estimate of drug-likeness (QED) is 0.185. The summed E-state index contributed by atoms with van der Waals surface area (Å²) in [5.41, 5.74) is 15.6. The normalized spacial score (nSPS) is 13.1. The first-order valence-electron chi connectivity index (χ1n) is 18.4. The van der Waals surface area contributed by atoms with Crippen LogP contribution < -0.4 is 4.74 Å². The highest BCUT2D eigenvalue weighted by Crippen LogP contribution is 2.62. The average molecular weight is 689 g/mol. The van der Waals surface area contributed by atoms with Crippen molar-refractivity contribution in [2.24, 2.45) is 0 Å². The zero-order chi connectivity index (χ0) is 35.6. The second-order valence-corrected chi connectivity index (χ2v) is 14.1. The number of nitrogens with zero attached hydrogens (tertiary/aromatic N) is 2. The van der Waals surface area contributed by atoms with Gasteiger partial charge in [0.25, 0.3) is 0 Å². The fourth-order valence-electron chi connectivity index (χ4n) is 8.75. The molecule has 1 aliphatic carbocycles. The molecule has 2 heterocycles. The number of hydrogen-bond donors (Lipinski definition) is 0. The van der Waals surface area contributed by atoms with Gasteiger partial charge in [0.05, 0.1) is 16.6 Å². The van der Waals surface area contributed by atoms with Crippen molar-refractivity contribution in [3.63, 3.8) is 0 Å². The molecule has 0 atom stereocenters. The molecule has 1 spiro atoms. The number of rotatable bonds is 4. The maximum atomic E-state index is 6.50. The van der Waals surface area contributed by atoms with Gasteiger partial charge in [-0.15, -0.1) is 0 Å². The zero-order valence-electron chi connectivity index (χ0n) is 29.3. The molecule has 0 bridgehead atoms. The Morgan fingerprint density at radius 1 is 0.352 bits per heavy atom. The van der Waals surface area contributed by atoms with Gasteiger partial charge in [-0.3, -0.25) is 0 Å². The Labute approximate surface area is 313 Å². The third-order valence-corrected chi connectivity index (χ3v) is 11.2. The average Bonchev–Trinajstić information content (AvgIpc) is 3.53. The Hall–Kier alpha value is -7.10. The highest BCUT2D eigenvalue weighted by Gasteiger charge is 2.50. The molecule has 252 valence electrons. The van der Waals surface area contributed by atoms with Crippen LogP contribution in [0.15, 0.2) is 194 Å². The van der Waals surface area contributed by atoms with Crippen molar-refractivity contribution in [3.05, 3.63) is 216 Å². The molecule has 0 saturated carbocycles. The largest absolute Gasteiger partial charge is 0.457 e. The minimum absolute atomic E-state index is 0.457. The zero-order valence-corrected chi connectivity index (χ0v) is 29.3. The standard InChI is InChI=1S/C51H32N2O/c1-2-13-35(14-3-1)49-40-18-5-9-22-46(40)52-50(53-49)38-16-12-15-36(31-38)33-25-27-34(28-26-33)37-29-30-43-41(32-37)39-17-4-6-19-42(39)51(43)44-20-7-10-23-47(44)54-48-24-11-8-21-45(48)51/h1-32H. The highest BCUT2D eigenvalue weighted by atomic mass is 16.5. The first-order chi connectivity index (χ1) is 26.8. The third-order valence-electron chi connectivity index (χ3n) is 11.2. The lowest BCUT2D eigenvalue weighted by atomic mass is 9.66. The van der Waals surface area contributed by atoms with Gasteiger partial charge in [-0.05, 0) is 74.8 Å². The summed E-state index contributed by atoms with van der Waals surface area (Å²) in [7, 11) is 0. The summed E-state index contributed by atoms with van der Waals surface area (Å²) in [6.45, 7) is 0.